The molecule has 0 amide bonds. The molecule has 0 spiro atoms. The third kappa shape index (κ3) is 7.05. The van der Waals surface area contributed by atoms with Gasteiger partial charge in [-0.3, -0.25) is 0 Å². The van der Waals surface area contributed by atoms with Gasteiger partial charge in [0, 0.05) is 21.8 Å². The van der Waals surface area contributed by atoms with Gasteiger partial charge in [-0.15, -0.1) is 0 Å². The molecule has 3 heteroatoms. The van der Waals surface area contributed by atoms with Crippen LogP contribution < -0.4 is 9.96 Å². The fraction of sp³-hybridized carbons (Fsp3) is 0.475. The van der Waals surface area contributed by atoms with Crippen molar-refractivity contribution < 1.29 is 4.40 Å². The van der Waals surface area contributed by atoms with Crippen LogP contribution in [0.1, 0.15) is 189 Å². The minimum atomic E-state index is -0.534. The molecule has 8 rings (SSSR count). The molecule has 0 saturated carbocycles. The lowest BCUT2D eigenvalue weighted by atomic mass is 9.75. The first kappa shape index (κ1) is 45.8. The zero-order chi connectivity index (χ0) is 47.2. The van der Waals surface area contributed by atoms with Crippen LogP contribution in [-0.2, 0) is 38.0 Å². The van der Waals surface area contributed by atoms with E-state index in [2.05, 4.69) is 213 Å². The van der Waals surface area contributed by atoms with E-state index >= 15 is 4.79 Å². The predicted molar refractivity (Wildman–Crippen MR) is 275 cm³/mol. The Bertz CT molecular complexity index is 2850. The molecule has 1 aliphatic carbocycles. The van der Waals surface area contributed by atoms with Crippen LogP contribution in [0.2, 0.25) is 0 Å². The quantitative estimate of drug-likeness (QED) is 0.125. The molecule has 1 aliphatic heterocycles. The van der Waals surface area contributed by atoms with Crippen LogP contribution >= 0.6 is 0 Å². The molecule has 0 saturated heterocycles. The number of hydrogen-bond donors (Lipinski definition) is 0. The summed E-state index contributed by atoms with van der Waals surface area (Å²) in [5, 5.41) is 2.30. The summed E-state index contributed by atoms with van der Waals surface area (Å²) in [5.74, 6) is 0. The van der Waals surface area contributed by atoms with E-state index in [-0.39, 0.29) is 38.0 Å². The van der Waals surface area contributed by atoms with Gasteiger partial charge in [0.25, 0.3) is 5.65 Å². The summed E-state index contributed by atoms with van der Waals surface area (Å²) in [6, 6.07) is 26.7. The van der Waals surface area contributed by atoms with Crippen LogP contribution in [0.5, 0.6) is 0 Å². The number of fused-ring (bicyclic) bond motifs is 2. The van der Waals surface area contributed by atoms with Crippen molar-refractivity contribution >= 4 is 22.0 Å². The number of rotatable bonds is 5. The molecule has 0 radical (unpaired) electrons. The Morgan fingerprint density at radius 1 is 0.609 bits per heavy atom. The second-order valence-corrected chi connectivity index (χ2v) is 25.3. The summed E-state index contributed by atoms with van der Waals surface area (Å²) >= 11 is 0. The maximum atomic E-state index is 15.5. The van der Waals surface area contributed by atoms with Crippen molar-refractivity contribution in [3.8, 4) is 33.4 Å². The summed E-state index contributed by atoms with van der Waals surface area (Å²) in [4.78, 5) is 15.5. The smallest absolute Gasteiger partial charge is 0.241 e. The average molecular weight is 854 g/mol. The van der Waals surface area contributed by atoms with Crippen molar-refractivity contribution in [1.29, 1.82) is 0 Å². The van der Waals surface area contributed by atoms with E-state index in [0.717, 1.165) is 47.1 Å². The second-order valence-electron chi connectivity index (χ2n) is 25.3. The highest BCUT2D eigenvalue weighted by Gasteiger charge is 2.54. The number of allylic oxidation sites excluding steroid dienone is 1. The third-order valence-corrected chi connectivity index (χ3v) is 15.4. The minimum Gasteiger partial charge on any atom is -0.241 e. The SMILES string of the molecule is C=C1c2cc(C)c(-c3cc(-c4cc(C(C)(C)C)cc(C(C)(C)C)c4)cc(-c4cc(C(C)(C)C)cc(C(C)(C)C)c4)c3)c3cc[n+]4c5c(c(=O)n(c4c23)C1(CC)CC)C(C)(C)CC5(C)C. The monoisotopic (exact) mass is 854 g/mol. The topological polar surface area (TPSA) is 26.1 Å². The molecular formula is C61H77N2O+. The van der Waals surface area contributed by atoms with E-state index in [1.807, 2.05) is 0 Å². The Balaban J connectivity index is 1.55. The highest BCUT2D eigenvalue weighted by molar-refractivity contribution is 6.11. The molecule has 0 bridgehead atoms. The van der Waals surface area contributed by atoms with Crippen molar-refractivity contribution in [3.63, 3.8) is 0 Å². The van der Waals surface area contributed by atoms with Crippen molar-refractivity contribution in [2.45, 2.75) is 189 Å². The van der Waals surface area contributed by atoms with Gasteiger partial charge in [0.15, 0.2) is 0 Å². The molecule has 0 unspecified atom stereocenters. The molecule has 0 N–H and O–H groups in total. The molecule has 2 aromatic heterocycles. The van der Waals surface area contributed by atoms with Gasteiger partial charge in [0.2, 0.25) is 0 Å². The van der Waals surface area contributed by atoms with Crippen molar-refractivity contribution in [2.24, 2.45) is 0 Å². The minimum absolute atomic E-state index is 0.0253. The lowest BCUT2D eigenvalue weighted by Gasteiger charge is -2.37. The summed E-state index contributed by atoms with van der Waals surface area (Å²) in [7, 11) is 0. The number of pyridine rings is 1. The highest BCUT2D eigenvalue weighted by atomic mass is 16.1. The van der Waals surface area contributed by atoms with Crippen molar-refractivity contribution in [2.75, 3.05) is 0 Å². The molecule has 64 heavy (non-hydrogen) atoms. The van der Waals surface area contributed by atoms with Gasteiger partial charge in [-0.2, -0.15) is 4.57 Å². The van der Waals surface area contributed by atoms with Gasteiger partial charge < -0.3 is 0 Å². The molecule has 4 aromatic carbocycles. The Morgan fingerprint density at radius 3 is 1.45 bits per heavy atom. The maximum Gasteiger partial charge on any atom is 0.342 e. The predicted octanol–water partition coefficient (Wildman–Crippen LogP) is 15.7. The van der Waals surface area contributed by atoms with Gasteiger partial charge in [-0.1, -0.05) is 174 Å². The molecule has 3 nitrogen and oxygen atoms in total. The summed E-state index contributed by atoms with van der Waals surface area (Å²) in [6.45, 7) is 48.8. The van der Waals surface area contributed by atoms with E-state index in [1.54, 1.807) is 0 Å². The molecular weight excluding hydrogens is 777 g/mol. The molecule has 0 atom stereocenters. The van der Waals surface area contributed by atoms with Gasteiger partial charge in [-0.05, 0) is 139 Å². The van der Waals surface area contributed by atoms with Gasteiger partial charge in [0.1, 0.15) is 11.2 Å². The van der Waals surface area contributed by atoms with Crippen LogP contribution in [0.25, 0.3) is 55.4 Å². The highest BCUT2D eigenvalue weighted by Crippen LogP contribution is 2.52. The van der Waals surface area contributed by atoms with Crippen LogP contribution in [-0.4, -0.2) is 4.57 Å². The average Bonchev–Trinajstić information content (AvgIpc) is 3.39. The summed E-state index contributed by atoms with van der Waals surface area (Å²) in [5.41, 5.74) is 18.3. The summed E-state index contributed by atoms with van der Waals surface area (Å²) in [6.07, 6.45) is 4.79. The molecule has 0 fully saturated rings. The van der Waals surface area contributed by atoms with E-state index < -0.39 is 5.54 Å². The lowest BCUT2D eigenvalue weighted by Crippen LogP contribution is -2.52. The van der Waals surface area contributed by atoms with E-state index in [0.29, 0.717) is 0 Å². The Hall–Kier alpha value is -4.76. The third-order valence-electron chi connectivity index (χ3n) is 15.4. The van der Waals surface area contributed by atoms with Crippen molar-refractivity contribution in [1.82, 2.24) is 4.57 Å². The van der Waals surface area contributed by atoms with Crippen molar-refractivity contribution in [3.05, 3.63) is 134 Å². The zero-order valence-electron chi connectivity index (χ0n) is 43.1. The molecule has 2 aliphatic rings. The van der Waals surface area contributed by atoms with Crippen LogP contribution in [0.3, 0.4) is 0 Å². The van der Waals surface area contributed by atoms with Crippen LogP contribution in [0, 0.1) is 6.92 Å². The molecule has 6 aromatic rings. The van der Waals surface area contributed by atoms with Gasteiger partial charge in [0.05, 0.1) is 17.1 Å². The first-order valence-corrected chi connectivity index (χ1v) is 24.2. The van der Waals surface area contributed by atoms with Gasteiger partial charge >= 0.3 is 5.56 Å². The molecule has 3 heterocycles. The number of hydrogen-bond acceptors (Lipinski definition) is 1. The lowest BCUT2D eigenvalue weighted by molar-refractivity contribution is -0.530. The fourth-order valence-corrected chi connectivity index (χ4v) is 11.8. The number of benzene rings is 4. The largest absolute Gasteiger partial charge is 0.342 e. The number of aryl methyl sites for hydroxylation is 1. The second kappa shape index (κ2) is 14.4. The summed E-state index contributed by atoms with van der Waals surface area (Å²) < 4.78 is 4.62. The molecule has 336 valence electrons. The first-order chi connectivity index (χ1) is 29.4. The Labute approximate surface area is 386 Å². The number of aromatic nitrogens is 2. The van der Waals surface area contributed by atoms with E-state index in [4.69, 9.17) is 6.58 Å². The van der Waals surface area contributed by atoms with Gasteiger partial charge in [-0.25, -0.2) is 9.20 Å². The first-order valence-electron chi connectivity index (χ1n) is 24.2. The van der Waals surface area contributed by atoms with E-state index in [1.165, 1.54) is 72.1 Å². The normalized spacial score (nSPS) is 16.9. The number of nitrogens with zero attached hydrogens (tertiary/aromatic N) is 2. The Kier molecular flexibility index (Phi) is 10.3. The van der Waals surface area contributed by atoms with E-state index in [9.17, 15) is 0 Å². The standard InChI is InChI=1S/C61H77N2O/c1-21-61(22-2)37(4)48-25-36(3)49(47-23-24-62-52-51(59(17,18)35-60(52,19)20)54(64)63(61)53(62)50(47)48)42-27-38(40-29-43(55(5,6)7)33-44(30-40)56(8,9)10)26-39(28-42)41-31-45(57(11,12)13)34-46(32-41)58(14,15)16/h23-34H,4,21-22,35H2,1-3,5-20H3/q+1. The zero-order valence-corrected chi connectivity index (χ0v) is 43.1. The van der Waals surface area contributed by atoms with Crippen LogP contribution in [0.4, 0.5) is 0 Å². The Morgan fingerprint density at radius 2 is 1.03 bits per heavy atom. The van der Waals surface area contributed by atoms with Crippen LogP contribution in [0.15, 0.2) is 84.3 Å². The maximum absolute atomic E-state index is 15.5. The fourth-order valence-electron chi connectivity index (χ4n) is 11.8.